The van der Waals surface area contributed by atoms with Crippen LogP contribution in [0, 0.1) is 10.1 Å². The lowest BCUT2D eigenvalue weighted by Gasteiger charge is -2.16. The summed E-state index contributed by atoms with van der Waals surface area (Å²) in [4.78, 5) is 29.9. The first-order chi connectivity index (χ1) is 14.6. The number of nitro groups is 1. The van der Waals surface area contributed by atoms with Crippen molar-refractivity contribution < 1.29 is 9.72 Å². The van der Waals surface area contributed by atoms with Crippen molar-refractivity contribution in [3.8, 4) is 5.69 Å². The molecule has 1 aromatic heterocycles. The van der Waals surface area contributed by atoms with Crippen LogP contribution < -0.4 is 4.90 Å². The molecular formula is C21H19N5O3S. The van der Waals surface area contributed by atoms with E-state index in [1.165, 1.54) is 23.9 Å². The molecule has 1 aliphatic carbocycles. The summed E-state index contributed by atoms with van der Waals surface area (Å²) in [6, 6.07) is 16.1. The number of nitrogens with zero attached hydrogens (tertiary/aromatic N) is 5. The van der Waals surface area contributed by atoms with Gasteiger partial charge in [-0.1, -0.05) is 36.0 Å². The minimum atomic E-state index is -0.449. The van der Waals surface area contributed by atoms with Crippen molar-refractivity contribution in [3.05, 3.63) is 70.5 Å². The van der Waals surface area contributed by atoms with E-state index >= 15 is 0 Å². The van der Waals surface area contributed by atoms with Crippen molar-refractivity contribution >= 4 is 29.0 Å². The van der Waals surface area contributed by atoms with Gasteiger partial charge in [0, 0.05) is 24.6 Å². The molecule has 0 radical (unpaired) electrons. The average molecular weight is 421 g/mol. The van der Waals surface area contributed by atoms with Gasteiger partial charge in [0.05, 0.1) is 21.5 Å². The molecule has 0 bridgehead atoms. The summed E-state index contributed by atoms with van der Waals surface area (Å²) >= 11 is 1.37. The molecule has 1 unspecified atom stereocenters. The van der Waals surface area contributed by atoms with E-state index in [9.17, 15) is 14.9 Å². The molecule has 1 amide bonds. The van der Waals surface area contributed by atoms with E-state index in [1.54, 1.807) is 17.0 Å². The van der Waals surface area contributed by atoms with Gasteiger partial charge in [-0.3, -0.25) is 14.9 Å². The average Bonchev–Trinajstić information content (AvgIpc) is 3.43. The van der Waals surface area contributed by atoms with Gasteiger partial charge in [-0.15, -0.1) is 5.10 Å². The Kier molecular flexibility index (Phi) is 4.74. The fourth-order valence-electron chi connectivity index (χ4n) is 3.64. The van der Waals surface area contributed by atoms with Gasteiger partial charge in [0.1, 0.15) is 5.82 Å². The highest BCUT2D eigenvalue weighted by molar-refractivity contribution is 8.00. The molecule has 2 aliphatic rings. The third-order valence-electron chi connectivity index (χ3n) is 5.31. The second kappa shape index (κ2) is 7.56. The number of hydrogen-bond donors (Lipinski definition) is 0. The van der Waals surface area contributed by atoms with Crippen molar-refractivity contribution in [2.45, 2.75) is 35.6 Å². The number of nitro benzene ring substituents is 1. The van der Waals surface area contributed by atoms with Crippen molar-refractivity contribution in [2.24, 2.45) is 0 Å². The highest BCUT2D eigenvalue weighted by Crippen LogP contribution is 2.41. The molecule has 1 aliphatic heterocycles. The van der Waals surface area contributed by atoms with Crippen LogP contribution in [0.3, 0.4) is 0 Å². The standard InChI is InChI=1S/C21H19N5O3S/c27-20-18(11-12-24(20)16-7-4-8-17(13-16)26(28)29)30-21-22-19(14-9-10-14)25(23-21)15-5-2-1-3-6-15/h1-8,13-14,18H,9-12H2. The molecule has 8 nitrogen and oxygen atoms in total. The van der Waals surface area contributed by atoms with Crippen molar-refractivity contribution in [1.29, 1.82) is 0 Å². The molecule has 5 rings (SSSR count). The van der Waals surface area contributed by atoms with Crippen molar-refractivity contribution in [1.82, 2.24) is 14.8 Å². The summed E-state index contributed by atoms with van der Waals surface area (Å²) in [5.41, 5.74) is 1.50. The quantitative estimate of drug-likeness (QED) is 0.442. The molecule has 9 heteroatoms. The molecule has 3 aromatic rings. The van der Waals surface area contributed by atoms with Gasteiger partial charge in [-0.05, 0) is 37.5 Å². The zero-order valence-corrected chi connectivity index (χ0v) is 16.9. The summed E-state index contributed by atoms with van der Waals surface area (Å²) in [6.45, 7) is 0.520. The summed E-state index contributed by atoms with van der Waals surface area (Å²) in [6.07, 6.45) is 2.86. The summed E-state index contributed by atoms with van der Waals surface area (Å²) in [7, 11) is 0. The zero-order chi connectivity index (χ0) is 20.7. The van der Waals surface area contributed by atoms with Gasteiger partial charge in [0.25, 0.3) is 5.69 Å². The first kappa shape index (κ1) is 18.8. The highest BCUT2D eigenvalue weighted by atomic mass is 32.2. The summed E-state index contributed by atoms with van der Waals surface area (Å²) in [5, 5.41) is 16.0. The fraction of sp³-hybridized carbons (Fsp3) is 0.286. The lowest BCUT2D eigenvalue weighted by molar-refractivity contribution is -0.384. The molecule has 152 valence electrons. The Balaban J connectivity index is 1.36. The number of amides is 1. The Labute approximate surface area is 177 Å². The molecular weight excluding hydrogens is 402 g/mol. The molecule has 2 fully saturated rings. The van der Waals surface area contributed by atoms with Gasteiger partial charge >= 0.3 is 0 Å². The fourth-order valence-corrected chi connectivity index (χ4v) is 4.62. The molecule has 1 atom stereocenters. The molecule has 0 spiro atoms. The number of carbonyl (C=O) groups is 1. The normalized spacial score (nSPS) is 18.7. The van der Waals surface area contributed by atoms with Gasteiger partial charge in [0.15, 0.2) is 0 Å². The van der Waals surface area contributed by atoms with E-state index in [4.69, 9.17) is 4.98 Å². The molecule has 0 N–H and O–H groups in total. The van der Waals surface area contributed by atoms with Crippen LogP contribution in [0.25, 0.3) is 5.69 Å². The van der Waals surface area contributed by atoms with E-state index < -0.39 is 4.92 Å². The summed E-state index contributed by atoms with van der Waals surface area (Å²) in [5.74, 6) is 1.31. The van der Waals surface area contributed by atoms with E-state index in [-0.39, 0.29) is 16.8 Å². The van der Waals surface area contributed by atoms with Gasteiger partial charge < -0.3 is 4.90 Å². The third-order valence-corrected chi connectivity index (χ3v) is 6.42. The Morgan fingerprint density at radius 3 is 2.53 bits per heavy atom. The predicted molar refractivity (Wildman–Crippen MR) is 113 cm³/mol. The third kappa shape index (κ3) is 3.56. The number of hydrogen-bond acceptors (Lipinski definition) is 6. The monoisotopic (exact) mass is 421 g/mol. The maximum Gasteiger partial charge on any atom is 0.271 e. The Bertz CT molecular complexity index is 1110. The number of aromatic nitrogens is 3. The second-order valence-electron chi connectivity index (χ2n) is 7.44. The topological polar surface area (TPSA) is 94.2 Å². The minimum absolute atomic E-state index is 0.0197. The lowest BCUT2D eigenvalue weighted by atomic mass is 10.2. The van der Waals surface area contributed by atoms with Crippen LogP contribution in [0.5, 0.6) is 0 Å². The summed E-state index contributed by atoms with van der Waals surface area (Å²) < 4.78 is 1.89. The first-order valence-corrected chi connectivity index (χ1v) is 10.7. The molecule has 1 saturated heterocycles. The van der Waals surface area contributed by atoms with E-state index in [2.05, 4.69) is 5.10 Å². The maximum atomic E-state index is 13.0. The Hall–Kier alpha value is -3.20. The highest BCUT2D eigenvalue weighted by Gasteiger charge is 2.36. The molecule has 2 aromatic carbocycles. The SMILES string of the molecule is O=C1C(Sc2nc(C3CC3)n(-c3ccccc3)n2)CCN1c1cccc([N+](=O)[O-])c1. The van der Waals surface area contributed by atoms with Gasteiger partial charge in [-0.2, -0.15) is 0 Å². The maximum absolute atomic E-state index is 13.0. The predicted octanol–water partition coefficient (Wildman–Crippen LogP) is 3.95. The second-order valence-corrected chi connectivity index (χ2v) is 8.61. The number of carbonyl (C=O) groups excluding carboxylic acids is 1. The largest absolute Gasteiger partial charge is 0.311 e. The van der Waals surface area contributed by atoms with E-state index in [0.717, 1.165) is 24.4 Å². The number of thioether (sulfide) groups is 1. The molecule has 2 heterocycles. The number of rotatable bonds is 6. The van der Waals surface area contributed by atoms with Crippen LogP contribution in [0.1, 0.15) is 31.0 Å². The van der Waals surface area contributed by atoms with Crippen molar-refractivity contribution in [3.63, 3.8) is 0 Å². The van der Waals surface area contributed by atoms with Gasteiger partial charge in [-0.25, -0.2) is 9.67 Å². The molecule has 1 saturated carbocycles. The Morgan fingerprint density at radius 1 is 1.03 bits per heavy atom. The smallest absolute Gasteiger partial charge is 0.271 e. The number of para-hydroxylation sites is 1. The minimum Gasteiger partial charge on any atom is -0.311 e. The van der Waals surface area contributed by atoms with Crippen LogP contribution in [0.2, 0.25) is 0 Å². The van der Waals surface area contributed by atoms with E-state index in [1.807, 2.05) is 35.0 Å². The van der Waals surface area contributed by atoms with Crippen LogP contribution in [0.15, 0.2) is 59.8 Å². The number of non-ortho nitro benzene ring substituents is 1. The van der Waals surface area contributed by atoms with Crippen LogP contribution >= 0.6 is 11.8 Å². The van der Waals surface area contributed by atoms with Crippen LogP contribution in [0.4, 0.5) is 11.4 Å². The Morgan fingerprint density at radius 2 is 1.80 bits per heavy atom. The van der Waals surface area contributed by atoms with Crippen molar-refractivity contribution in [2.75, 3.05) is 11.4 Å². The van der Waals surface area contributed by atoms with Crippen LogP contribution in [-0.2, 0) is 4.79 Å². The molecule has 30 heavy (non-hydrogen) atoms. The number of anilines is 1. The lowest BCUT2D eigenvalue weighted by Crippen LogP contribution is -2.28. The van der Waals surface area contributed by atoms with Crippen LogP contribution in [-0.4, -0.2) is 37.4 Å². The zero-order valence-electron chi connectivity index (χ0n) is 16.0. The van der Waals surface area contributed by atoms with E-state index in [0.29, 0.717) is 29.7 Å². The number of benzene rings is 2. The van der Waals surface area contributed by atoms with Gasteiger partial charge in [0.2, 0.25) is 11.1 Å². The first-order valence-electron chi connectivity index (χ1n) is 9.85.